The number of benzene rings is 1. The van der Waals surface area contributed by atoms with Crippen molar-refractivity contribution in [2.75, 3.05) is 33.3 Å². The number of ether oxygens (including phenoxy) is 2. The molecule has 0 bridgehead atoms. The lowest BCUT2D eigenvalue weighted by Gasteiger charge is -2.19. The van der Waals surface area contributed by atoms with Gasteiger partial charge in [-0.1, -0.05) is 25.4 Å². The lowest BCUT2D eigenvalue weighted by Crippen LogP contribution is -2.31. The summed E-state index contributed by atoms with van der Waals surface area (Å²) in [5.41, 5.74) is 1.09. The molecule has 0 atom stereocenters. The maximum atomic E-state index is 6.32. The highest BCUT2D eigenvalue weighted by molar-refractivity contribution is 6.32. The van der Waals surface area contributed by atoms with E-state index in [9.17, 15) is 0 Å². The summed E-state index contributed by atoms with van der Waals surface area (Å²) in [6, 6.07) is 3.92. The fraction of sp³-hybridized carbons (Fsp3) is 0.647. The zero-order valence-corrected chi connectivity index (χ0v) is 15.2. The first-order valence-electron chi connectivity index (χ1n) is 7.97. The monoisotopic (exact) mass is 328 g/mol. The Morgan fingerprint density at radius 3 is 2.45 bits per heavy atom. The minimum absolute atomic E-state index is 0.0597. The number of methoxy groups -OCH3 is 1. The van der Waals surface area contributed by atoms with Gasteiger partial charge in [-0.25, -0.2) is 0 Å². The number of likely N-dealkylation sites (N-methyl/N-ethyl adjacent to an activating group) is 1. The first kappa shape index (κ1) is 19.1. The van der Waals surface area contributed by atoms with E-state index in [4.69, 9.17) is 21.1 Å². The molecule has 0 saturated heterocycles. The summed E-state index contributed by atoms with van der Waals surface area (Å²) in [5, 5.41) is 4.03. The molecular weight excluding hydrogens is 300 g/mol. The fourth-order valence-electron chi connectivity index (χ4n) is 2.24. The van der Waals surface area contributed by atoms with Crippen LogP contribution in [0.1, 0.15) is 33.3 Å². The minimum atomic E-state index is 0.0597. The van der Waals surface area contributed by atoms with Gasteiger partial charge in [-0.3, -0.25) is 0 Å². The number of nitrogens with zero attached hydrogens (tertiary/aromatic N) is 1. The largest absolute Gasteiger partial charge is 0.493 e. The highest BCUT2D eigenvalue weighted by Gasteiger charge is 2.13. The number of halogens is 1. The standard InChI is InChI=1S/C17H29ClN2O2/c1-6-20(7-2)9-8-19-12-14-10-15(18)17(22-13(3)4)16(11-14)21-5/h10-11,13,19H,6-9,12H2,1-5H3. The van der Waals surface area contributed by atoms with Crippen LogP contribution in [0.4, 0.5) is 0 Å². The molecule has 5 heteroatoms. The SMILES string of the molecule is CCN(CC)CCNCc1cc(Cl)c(OC(C)C)c(OC)c1. The van der Waals surface area contributed by atoms with Crippen LogP contribution in [0.2, 0.25) is 5.02 Å². The summed E-state index contributed by atoms with van der Waals surface area (Å²) in [6.07, 6.45) is 0.0597. The van der Waals surface area contributed by atoms with E-state index in [-0.39, 0.29) is 6.10 Å². The second-order valence-corrected chi connectivity index (χ2v) is 5.89. The third-order valence-corrected chi connectivity index (χ3v) is 3.75. The first-order chi connectivity index (χ1) is 10.5. The summed E-state index contributed by atoms with van der Waals surface area (Å²) < 4.78 is 11.1. The van der Waals surface area contributed by atoms with Gasteiger partial charge in [-0.05, 0) is 44.6 Å². The maximum Gasteiger partial charge on any atom is 0.180 e. The highest BCUT2D eigenvalue weighted by atomic mass is 35.5. The van der Waals surface area contributed by atoms with Crippen LogP contribution in [-0.4, -0.2) is 44.3 Å². The van der Waals surface area contributed by atoms with Gasteiger partial charge >= 0.3 is 0 Å². The van der Waals surface area contributed by atoms with Crippen molar-refractivity contribution >= 4 is 11.6 Å². The molecule has 0 spiro atoms. The highest BCUT2D eigenvalue weighted by Crippen LogP contribution is 2.37. The van der Waals surface area contributed by atoms with Gasteiger partial charge in [0.1, 0.15) is 0 Å². The molecule has 126 valence electrons. The Kier molecular flexibility index (Phi) is 8.61. The zero-order valence-electron chi connectivity index (χ0n) is 14.4. The van der Waals surface area contributed by atoms with Gasteiger partial charge in [0.05, 0.1) is 18.2 Å². The predicted octanol–water partition coefficient (Wildman–Crippen LogP) is 3.57. The normalized spacial score (nSPS) is 11.3. The number of nitrogens with one attached hydrogen (secondary N) is 1. The van der Waals surface area contributed by atoms with E-state index in [2.05, 4.69) is 24.1 Å². The van der Waals surface area contributed by atoms with Gasteiger partial charge < -0.3 is 19.7 Å². The van der Waals surface area contributed by atoms with E-state index in [0.29, 0.717) is 16.5 Å². The molecule has 0 aliphatic carbocycles. The van der Waals surface area contributed by atoms with Crippen LogP contribution in [0.5, 0.6) is 11.5 Å². The molecule has 1 aromatic carbocycles. The van der Waals surface area contributed by atoms with Crippen LogP contribution in [-0.2, 0) is 6.54 Å². The smallest absolute Gasteiger partial charge is 0.180 e. The second-order valence-electron chi connectivity index (χ2n) is 5.48. The molecule has 0 heterocycles. The van der Waals surface area contributed by atoms with Crippen molar-refractivity contribution in [1.29, 1.82) is 0 Å². The molecule has 0 fully saturated rings. The van der Waals surface area contributed by atoms with Crippen molar-refractivity contribution in [1.82, 2.24) is 10.2 Å². The van der Waals surface area contributed by atoms with Gasteiger partial charge in [-0.2, -0.15) is 0 Å². The van der Waals surface area contributed by atoms with Crippen molar-refractivity contribution in [2.24, 2.45) is 0 Å². The Labute approximate surface area is 139 Å². The van der Waals surface area contributed by atoms with E-state index in [1.807, 2.05) is 26.0 Å². The van der Waals surface area contributed by atoms with E-state index in [0.717, 1.165) is 38.3 Å². The third-order valence-electron chi connectivity index (χ3n) is 3.47. The number of hydrogen-bond acceptors (Lipinski definition) is 4. The first-order valence-corrected chi connectivity index (χ1v) is 8.35. The molecule has 1 rings (SSSR count). The van der Waals surface area contributed by atoms with Crippen LogP contribution < -0.4 is 14.8 Å². The van der Waals surface area contributed by atoms with Crippen LogP contribution in [0.25, 0.3) is 0 Å². The van der Waals surface area contributed by atoms with Crippen molar-refractivity contribution in [3.05, 3.63) is 22.7 Å². The topological polar surface area (TPSA) is 33.7 Å². The third kappa shape index (κ3) is 6.03. The quantitative estimate of drug-likeness (QED) is 0.666. The van der Waals surface area contributed by atoms with E-state index in [1.165, 1.54) is 0 Å². The second kappa shape index (κ2) is 9.93. The molecule has 22 heavy (non-hydrogen) atoms. The van der Waals surface area contributed by atoms with Crippen molar-refractivity contribution in [2.45, 2.75) is 40.3 Å². The van der Waals surface area contributed by atoms with Gasteiger partial charge in [0, 0.05) is 19.6 Å². The Morgan fingerprint density at radius 1 is 1.23 bits per heavy atom. The van der Waals surface area contributed by atoms with Gasteiger partial charge in [0.15, 0.2) is 11.5 Å². The maximum absolute atomic E-state index is 6.32. The van der Waals surface area contributed by atoms with Gasteiger partial charge in [0.25, 0.3) is 0 Å². The van der Waals surface area contributed by atoms with Crippen LogP contribution in [0, 0.1) is 0 Å². The Bertz CT molecular complexity index is 449. The zero-order chi connectivity index (χ0) is 16.5. The molecule has 0 aromatic heterocycles. The Morgan fingerprint density at radius 2 is 1.91 bits per heavy atom. The molecule has 0 saturated carbocycles. The van der Waals surface area contributed by atoms with E-state index in [1.54, 1.807) is 7.11 Å². The summed E-state index contributed by atoms with van der Waals surface area (Å²) in [7, 11) is 1.64. The van der Waals surface area contributed by atoms with Crippen molar-refractivity contribution < 1.29 is 9.47 Å². The van der Waals surface area contributed by atoms with Gasteiger partial charge in [0.2, 0.25) is 0 Å². The van der Waals surface area contributed by atoms with E-state index >= 15 is 0 Å². The average molecular weight is 329 g/mol. The summed E-state index contributed by atoms with van der Waals surface area (Å²) in [6.45, 7) is 13.2. The summed E-state index contributed by atoms with van der Waals surface area (Å²) in [5.74, 6) is 1.30. The Hall–Kier alpha value is -0.970. The molecular formula is C17H29ClN2O2. The molecule has 1 N–H and O–H groups in total. The van der Waals surface area contributed by atoms with E-state index < -0.39 is 0 Å². The lowest BCUT2D eigenvalue weighted by atomic mass is 10.2. The molecule has 0 aliphatic rings. The Balaban J connectivity index is 2.63. The molecule has 0 radical (unpaired) electrons. The molecule has 4 nitrogen and oxygen atoms in total. The molecule has 0 unspecified atom stereocenters. The van der Waals surface area contributed by atoms with Gasteiger partial charge in [-0.15, -0.1) is 0 Å². The molecule has 1 aromatic rings. The molecule has 0 amide bonds. The molecule has 0 aliphatic heterocycles. The minimum Gasteiger partial charge on any atom is -0.493 e. The number of hydrogen-bond donors (Lipinski definition) is 1. The fourth-order valence-corrected chi connectivity index (χ4v) is 2.51. The van der Waals surface area contributed by atoms with Crippen molar-refractivity contribution in [3.8, 4) is 11.5 Å². The lowest BCUT2D eigenvalue weighted by molar-refractivity contribution is 0.230. The van der Waals surface area contributed by atoms with Crippen LogP contribution >= 0.6 is 11.6 Å². The predicted molar refractivity (Wildman–Crippen MR) is 93.3 cm³/mol. The average Bonchev–Trinajstić information content (AvgIpc) is 2.49. The summed E-state index contributed by atoms with van der Waals surface area (Å²) >= 11 is 6.32. The van der Waals surface area contributed by atoms with Crippen molar-refractivity contribution in [3.63, 3.8) is 0 Å². The number of rotatable bonds is 10. The van der Waals surface area contributed by atoms with Crippen LogP contribution in [0.3, 0.4) is 0 Å². The summed E-state index contributed by atoms with van der Waals surface area (Å²) in [4.78, 5) is 2.39. The van der Waals surface area contributed by atoms with Crippen LogP contribution in [0.15, 0.2) is 12.1 Å².